The van der Waals surface area contributed by atoms with Crippen LogP contribution in [-0.2, 0) is 0 Å². The summed E-state index contributed by atoms with van der Waals surface area (Å²) in [5.41, 5.74) is 0.770. The van der Waals surface area contributed by atoms with Gasteiger partial charge in [-0.05, 0) is 25.0 Å². The number of para-hydroxylation sites is 1. The van der Waals surface area contributed by atoms with Gasteiger partial charge in [0.05, 0.1) is 19.3 Å². The molecule has 1 aromatic carbocycles. The first-order valence-corrected chi connectivity index (χ1v) is 7.54. The molecule has 0 saturated carbocycles. The highest BCUT2D eigenvalue weighted by molar-refractivity contribution is 5.83. The molecule has 4 heteroatoms. The zero-order valence-corrected chi connectivity index (χ0v) is 13.2. The molecule has 0 saturated heterocycles. The number of fused-ring (bicyclic) bond motifs is 1. The molecule has 116 valence electrons. The summed E-state index contributed by atoms with van der Waals surface area (Å²) in [6.45, 7) is 6.74. The molecule has 1 heterocycles. The fraction of sp³-hybridized carbons (Fsp3) is 0.529. The highest BCUT2D eigenvalue weighted by Crippen LogP contribution is 2.30. The smallest absolute Gasteiger partial charge is 0.176 e. The molecule has 0 aliphatic carbocycles. The summed E-state index contributed by atoms with van der Waals surface area (Å²) in [5, 5.41) is 14.4. The Morgan fingerprint density at radius 3 is 2.76 bits per heavy atom. The lowest BCUT2D eigenvalue weighted by Crippen LogP contribution is -2.32. The van der Waals surface area contributed by atoms with Crippen LogP contribution in [0.3, 0.4) is 0 Å². The van der Waals surface area contributed by atoms with Crippen molar-refractivity contribution in [3.05, 3.63) is 30.0 Å². The van der Waals surface area contributed by atoms with Gasteiger partial charge in [-0.1, -0.05) is 32.4 Å². The van der Waals surface area contributed by atoms with Crippen molar-refractivity contribution in [1.29, 1.82) is 0 Å². The lowest BCUT2D eigenvalue weighted by atomic mass is 10.0. The van der Waals surface area contributed by atoms with Gasteiger partial charge in [0.15, 0.2) is 11.3 Å². The van der Waals surface area contributed by atoms with E-state index in [0.717, 1.165) is 28.9 Å². The van der Waals surface area contributed by atoms with Crippen LogP contribution < -0.4 is 10.1 Å². The maximum Gasteiger partial charge on any atom is 0.176 e. The predicted molar refractivity (Wildman–Crippen MR) is 84.6 cm³/mol. The SMILES string of the molecule is CCC(C)C(O)CNC(C)c1cc2cccc(OC)c2o1. The Kier molecular flexibility index (Phi) is 5.26. The van der Waals surface area contributed by atoms with Crippen LogP contribution in [0.2, 0.25) is 0 Å². The monoisotopic (exact) mass is 291 g/mol. The molecular formula is C17H25NO3. The topological polar surface area (TPSA) is 54.6 Å². The number of furan rings is 1. The predicted octanol–water partition coefficient (Wildman–Crippen LogP) is 3.50. The van der Waals surface area contributed by atoms with Crippen molar-refractivity contribution >= 4 is 11.0 Å². The van der Waals surface area contributed by atoms with Crippen molar-refractivity contribution in [1.82, 2.24) is 5.32 Å². The number of benzene rings is 1. The average molecular weight is 291 g/mol. The van der Waals surface area contributed by atoms with Gasteiger partial charge in [-0.15, -0.1) is 0 Å². The van der Waals surface area contributed by atoms with Crippen LogP contribution in [0.1, 0.15) is 39.0 Å². The Labute approximate surface area is 126 Å². The third-order valence-electron chi connectivity index (χ3n) is 4.11. The normalized spacial score (nSPS) is 15.9. The molecule has 2 rings (SSSR count). The fourth-order valence-electron chi connectivity index (χ4n) is 2.30. The molecule has 0 amide bonds. The van der Waals surface area contributed by atoms with Crippen LogP contribution in [0, 0.1) is 5.92 Å². The lowest BCUT2D eigenvalue weighted by molar-refractivity contribution is 0.109. The minimum Gasteiger partial charge on any atom is -0.493 e. The highest BCUT2D eigenvalue weighted by Gasteiger charge is 2.17. The summed E-state index contributed by atoms with van der Waals surface area (Å²) >= 11 is 0. The van der Waals surface area contributed by atoms with Crippen LogP contribution in [0.25, 0.3) is 11.0 Å². The molecule has 3 unspecified atom stereocenters. The van der Waals surface area contributed by atoms with E-state index in [1.54, 1.807) is 7.11 Å². The van der Waals surface area contributed by atoms with E-state index in [0.29, 0.717) is 12.5 Å². The van der Waals surface area contributed by atoms with Crippen molar-refractivity contribution in [3.63, 3.8) is 0 Å². The average Bonchev–Trinajstić information content (AvgIpc) is 2.95. The number of hydrogen-bond donors (Lipinski definition) is 2. The molecule has 0 radical (unpaired) electrons. The second-order valence-electron chi connectivity index (χ2n) is 5.61. The third kappa shape index (κ3) is 3.57. The first kappa shape index (κ1) is 15.9. The molecule has 0 aliphatic rings. The maximum absolute atomic E-state index is 10.0. The maximum atomic E-state index is 10.0. The standard InChI is InChI=1S/C17H25NO3/c1-5-11(2)14(19)10-18-12(3)16-9-13-7-6-8-15(20-4)17(13)21-16/h6-9,11-12,14,18-19H,5,10H2,1-4H3. The zero-order chi connectivity index (χ0) is 15.4. The molecule has 2 N–H and O–H groups in total. The Morgan fingerprint density at radius 1 is 1.33 bits per heavy atom. The first-order valence-electron chi connectivity index (χ1n) is 7.54. The first-order chi connectivity index (χ1) is 10.1. The van der Waals surface area contributed by atoms with Gasteiger partial charge in [0.1, 0.15) is 5.76 Å². The molecule has 0 bridgehead atoms. The highest BCUT2D eigenvalue weighted by atomic mass is 16.5. The van der Waals surface area contributed by atoms with Crippen LogP contribution in [0.4, 0.5) is 0 Å². The molecule has 1 aromatic heterocycles. The molecule has 21 heavy (non-hydrogen) atoms. The number of ether oxygens (including phenoxy) is 1. The number of rotatable bonds is 7. The van der Waals surface area contributed by atoms with Crippen LogP contribution in [-0.4, -0.2) is 24.9 Å². The Hall–Kier alpha value is -1.52. The van der Waals surface area contributed by atoms with Crippen LogP contribution in [0.15, 0.2) is 28.7 Å². The van der Waals surface area contributed by atoms with E-state index in [-0.39, 0.29) is 12.1 Å². The number of aliphatic hydroxyl groups excluding tert-OH is 1. The van der Waals surface area contributed by atoms with Crippen molar-refractivity contribution in [2.24, 2.45) is 5.92 Å². The van der Waals surface area contributed by atoms with Gasteiger partial charge in [-0.3, -0.25) is 0 Å². The minimum atomic E-state index is -0.337. The molecule has 4 nitrogen and oxygen atoms in total. The molecule has 0 aliphatic heterocycles. The number of aliphatic hydroxyl groups is 1. The van der Waals surface area contributed by atoms with Gasteiger partial charge in [-0.25, -0.2) is 0 Å². The molecule has 0 spiro atoms. The van der Waals surface area contributed by atoms with E-state index < -0.39 is 0 Å². The second-order valence-corrected chi connectivity index (χ2v) is 5.61. The summed E-state index contributed by atoms with van der Waals surface area (Å²) < 4.78 is 11.2. The zero-order valence-electron chi connectivity index (χ0n) is 13.2. The Morgan fingerprint density at radius 2 is 2.10 bits per heavy atom. The van der Waals surface area contributed by atoms with Gasteiger partial charge in [0.25, 0.3) is 0 Å². The van der Waals surface area contributed by atoms with Crippen molar-refractivity contribution < 1.29 is 14.3 Å². The summed E-state index contributed by atoms with van der Waals surface area (Å²) in [6, 6.07) is 7.91. The Balaban J connectivity index is 2.07. The lowest BCUT2D eigenvalue weighted by Gasteiger charge is -2.19. The van der Waals surface area contributed by atoms with Gasteiger partial charge >= 0.3 is 0 Å². The summed E-state index contributed by atoms with van der Waals surface area (Å²) in [7, 11) is 1.64. The molecule has 0 fully saturated rings. The summed E-state index contributed by atoms with van der Waals surface area (Å²) in [6.07, 6.45) is 0.635. The molecule has 3 atom stereocenters. The van der Waals surface area contributed by atoms with E-state index in [4.69, 9.17) is 9.15 Å². The van der Waals surface area contributed by atoms with Crippen LogP contribution in [0.5, 0.6) is 5.75 Å². The van der Waals surface area contributed by atoms with E-state index in [9.17, 15) is 5.11 Å². The van der Waals surface area contributed by atoms with Gasteiger partial charge in [0, 0.05) is 11.9 Å². The quantitative estimate of drug-likeness (QED) is 0.820. The second kappa shape index (κ2) is 6.96. The van der Waals surface area contributed by atoms with Gasteiger partial charge < -0.3 is 19.6 Å². The van der Waals surface area contributed by atoms with E-state index in [1.165, 1.54) is 0 Å². The number of methoxy groups -OCH3 is 1. The Bertz CT molecular complexity index is 578. The van der Waals surface area contributed by atoms with Gasteiger partial charge in [-0.2, -0.15) is 0 Å². The largest absolute Gasteiger partial charge is 0.493 e. The van der Waals surface area contributed by atoms with Gasteiger partial charge in [0.2, 0.25) is 0 Å². The molecular weight excluding hydrogens is 266 g/mol. The van der Waals surface area contributed by atoms with E-state index in [1.807, 2.05) is 31.2 Å². The van der Waals surface area contributed by atoms with Crippen LogP contribution >= 0.6 is 0 Å². The fourth-order valence-corrected chi connectivity index (χ4v) is 2.30. The molecule has 2 aromatic rings. The number of hydrogen-bond acceptors (Lipinski definition) is 4. The minimum absolute atomic E-state index is 0.0424. The van der Waals surface area contributed by atoms with E-state index in [2.05, 4.69) is 19.2 Å². The van der Waals surface area contributed by atoms with Crippen molar-refractivity contribution in [2.75, 3.05) is 13.7 Å². The van der Waals surface area contributed by atoms with E-state index >= 15 is 0 Å². The summed E-state index contributed by atoms with van der Waals surface area (Å²) in [5.74, 6) is 1.89. The van der Waals surface area contributed by atoms with Crippen molar-refractivity contribution in [3.8, 4) is 5.75 Å². The number of nitrogens with one attached hydrogen (secondary N) is 1. The van der Waals surface area contributed by atoms with Crippen molar-refractivity contribution in [2.45, 2.75) is 39.3 Å². The summed E-state index contributed by atoms with van der Waals surface area (Å²) in [4.78, 5) is 0. The third-order valence-corrected chi connectivity index (χ3v) is 4.11.